The van der Waals surface area contributed by atoms with Crippen LogP contribution in [0.2, 0.25) is 0 Å². The molecule has 0 spiro atoms. The predicted octanol–water partition coefficient (Wildman–Crippen LogP) is 5.39. The number of hydrogen-bond donors (Lipinski definition) is 0. The van der Waals surface area contributed by atoms with Crippen LogP contribution in [0, 0.1) is 11.3 Å². The van der Waals surface area contributed by atoms with E-state index >= 15 is 0 Å². The van der Waals surface area contributed by atoms with E-state index < -0.39 is 0 Å². The highest BCUT2D eigenvalue weighted by atomic mass is 16.2. The maximum Gasteiger partial charge on any atom is 0.230 e. The third kappa shape index (κ3) is 4.12. The molecule has 2 aromatic rings. The first-order chi connectivity index (χ1) is 11.8. The van der Waals surface area contributed by atoms with Crippen molar-refractivity contribution >= 4 is 11.6 Å². The van der Waals surface area contributed by atoms with E-state index in [1.54, 1.807) is 0 Å². The van der Waals surface area contributed by atoms with Crippen molar-refractivity contribution in [1.29, 1.82) is 0 Å². The lowest BCUT2D eigenvalue weighted by Gasteiger charge is -2.32. The van der Waals surface area contributed by atoms with Gasteiger partial charge in [0.1, 0.15) is 0 Å². The van der Waals surface area contributed by atoms with Gasteiger partial charge in [0.15, 0.2) is 0 Å². The Kier molecular flexibility index (Phi) is 4.99. The normalized spacial score (nSPS) is 15.6. The van der Waals surface area contributed by atoms with Gasteiger partial charge in [0.25, 0.3) is 0 Å². The van der Waals surface area contributed by atoms with Crippen molar-refractivity contribution in [1.82, 2.24) is 0 Å². The quantitative estimate of drug-likeness (QED) is 0.720. The van der Waals surface area contributed by atoms with E-state index in [-0.39, 0.29) is 17.2 Å². The number of fused-ring (bicyclic) bond motifs is 2. The van der Waals surface area contributed by atoms with Crippen LogP contribution in [0.4, 0.5) is 5.69 Å². The maximum atomic E-state index is 13.3. The molecule has 1 atom stereocenters. The summed E-state index contributed by atoms with van der Waals surface area (Å²) >= 11 is 0. The molecule has 0 bridgehead atoms. The second-order valence-corrected chi connectivity index (χ2v) is 8.49. The van der Waals surface area contributed by atoms with Crippen LogP contribution in [-0.2, 0) is 24.2 Å². The first-order valence-corrected chi connectivity index (χ1v) is 9.31. The van der Waals surface area contributed by atoms with Crippen LogP contribution in [0.3, 0.4) is 0 Å². The van der Waals surface area contributed by atoms with Gasteiger partial charge >= 0.3 is 0 Å². The van der Waals surface area contributed by atoms with Crippen LogP contribution < -0.4 is 4.90 Å². The van der Waals surface area contributed by atoms with Crippen molar-refractivity contribution in [2.24, 2.45) is 11.3 Å². The van der Waals surface area contributed by atoms with Crippen molar-refractivity contribution in [2.45, 2.75) is 53.5 Å². The zero-order valence-corrected chi connectivity index (χ0v) is 15.9. The molecule has 1 heterocycles. The van der Waals surface area contributed by atoms with Gasteiger partial charge in [-0.25, -0.2) is 0 Å². The number of rotatable bonds is 2. The Morgan fingerprint density at radius 3 is 2.20 bits per heavy atom. The Hall–Kier alpha value is -2.09. The summed E-state index contributed by atoms with van der Waals surface area (Å²) < 4.78 is 0. The van der Waals surface area contributed by atoms with Gasteiger partial charge in [-0.2, -0.15) is 0 Å². The lowest BCUT2D eigenvalue weighted by Crippen LogP contribution is -2.37. The molecule has 0 aromatic heterocycles. The second-order valence-electron chi connectivity index (χ2n) is 8.49. The van der Waals surface area contributed by atoms with E-state index in [1.807, 2.05) is 11.0 Å². The van der Waals surface area contributed by atoms with Crippen LogP contribution in [0.5, 0.6) is 0 Å². The molecule has 0 fully saturated rings. The fourth-order valence-electron chi connectivity index (χ4n) is 3.93. The third-order valence-corrected chi connectivity index (χ3v) is 5.00. The lowest BCUT2D eigenvalue weighted by molar-refractivity contribution is -0.122. The van der Waals surface area contributed by atoms with E-state index in [0.29, 0.717) is 6.54 Å². The number of aryl methyl sites for hydroxylation is 2. The van der Waals surface area contributed by atoms with Gasteiger partial charge in [-0.05, 0) is 47.4 Å². The van der Waals surface area contributed by atoms with Gasteiger partial charge in [0.05, 0.1) is 6.54 Å². The number of anilines is 1. The summed E-state index contributed by atoms with van der Waals surface area (Å²) in [4.78, 5) is 15.4. The molecule has 132 valence electrons. The minimum atomic E-state index is 0.0136. The van der Waals surface area contributed by atoms with E-state index in [2.05, 4.69) is 70.2 Å². The highest BCUT2D eigenvalue weighted by molar-refractivity contribution is 5.95. The highest BCUT2D eigenvalue weighted by Crippen LogP contribution is 2.32. The number of para-hydroxylation sites is 1. The molecule has 2 heteroatoms. The van der Waals surface area contributed by atoms with Gasteiger partial charge in [-0.15, -0.1) is 0 Å². The van der Waals surface area contributed by atoms with E-state index in [0.717, 1.165) is 24.9 Å². The fourth-order valence-corrected chi connectivity index (χ4v) is 3.93. The van der Waals surface area contributed by atoms with E-state index in [4.69, 9.17) is 0 Å². The van der Waals surface area contributed by atoms with Crippen molar-refractivity contribution in [3.8, 4) is 0 Å². The monoisotopic (exact) mass is 335 g/mol. The molecule has 0 saturated carbocycles. The first kappa shape index (κ1) is 17.7. The number of amides is 1. The standard InChI is InChI=1S/C23H29NO/c1-17(15-23(2,3)4)22(25)24-16-20-11-6-5-9-18(20)13-14-19-10-7-8-12-21(19)24/h5-12,17H,13-16H2,1-4H3. The van der Waals surface area contributed by atoms with Crippen LogP contribution in [0.1, 0.15) is 50.8 Å². The number of benzene rings is 2. The minimum Gasteiger partial charge on any atom is -0.307 e. The van der Waals surface area contributed by atoms with Crippen molar-refractivity contribution in [3.05, 3.63) is 65.2 Å². The summed E-state index contributed by atoms with van der Waals surface area (Å²) in [5.41, 5.74) is 5.14. The Bertz CT molecular complexity index is 757. The molecule has 25 heavy (non-hydrogen) atoms. The van der Waals surface area contributed by atoms with Crippen LogP contribution in [0.15, 0.2) is 48.5 Å². The molecule has 1 aliphatic heterocycles. The van der Waals surface area contributed by atoms with Crippen molar-refractivity contribution in [3.63, 3.8) is 0 Å². The molecule has 2 nitrogen and oxygen atoms in total. The van der Waals surface area contributed by atoms with E-state index in [9.17, 15) is 4.79 Å². The van der Waals surface area contributed by atoms with Gasteiger partial charge in [0, 0.05) is 11.6 Å². The minimum absolute atomic E-state index is 0.0136. The van der Waals surface area contributed by atoms with Gasteiger partial charge in [0.2, 0.25) is 5.91 Å². The molecule has 1 aliphatic rings. The first-order valence-electron chi connectivity index (χ1n) is 9.31. The summed E-state index contributed by atoms with van der Waals surface area (Å²) in [7, 11) is 0. The number of nitrogens with zero attached hydrogens (tertiary/aromatic N) is 1. The SMILES string of the molecule is CC(CC(C)(C)C)C(=O)N1Cc2ccccc2CCc2ccccc21. The maximum absolute atomic E-state index is 13.3. The molecule has 0 radical (unpaired) electrons. The molecule has 0 aliphatic carbocycles. The van der Waals surface area contributed by atoms with Crippen molar-refractivity contribution in [2.75, 3.05) is 4.90 Å². The highest BCUT2D eigenvalue weighted by Gasteiger charge is 2.28. The van der Waals surface area contributed by atoms with E-state index in [1.165, 1.54) is 16.7 Å². The smallest absolute Gasteiger partial charge is 0.230 e. The van der Waals surface area contributed by atoms with Gasteiger partial charge in [-0.3, -0.25) is 4.79 Å². The average molecular weight is 335 g/mol. The molecule has 0 N–H and O–H groups in total. The summed E-state index contributed by atoms with van der Waals surface area (Å²) in [5.74, 6) is 0.249. The Labute approximate surface area is 151 Å². The molecule has 3 rings (SSSR count). The number of hydrogen-bond acceptors (Lipinski definition) is 1. The lowest BCUT2D eigenvalue weighted by atomic mass is 9.84. The number of carbonyl (C=O) groups excluding carboxylic acids is 1. The van der Waals surface area contributed by atoms with Crippen LogP contribution in [0.25, 0.3) is 0 Å². The third-order valence-electron chi connectivity index (χ3n) is 5.00. The summed E-state index contributed by atoms with van der Waals surface area (Å²) in [6, 6.07) is 16.9. The van der Waals surface area contributed by atoms with Crippen molar-refractivity contribution < 1.29 is 4.79 Å². The Morgan fingerprint density at radius 2 is 1.52 bits per heavy atom. The molecule has 1 unspecified atom stereocenters. The predicted molar refractivity (Wildman–Crippen MR) is 105 cm³/mol. The zero-order chi connectivity index (χ0) is 18.0. The topological polar surface area (TPSA) is 20.3 Å². The molecule has 2 aromatic carbocycles. The molecular weight excluding hydrogens is 306 g/mol. The van der Waals surface area contributed by atoms with Gasteiger partial charge < -0.3 is 4.90 Å². The van der Waals surface area contributed by atoms with Gasteiger partial charge in [-0.1, -0.05) is 70.2 Å². The summed E-state index contributed by atoms with van der Waals surface area (Å²) in [6.45, 7) is 9.34. The molecule has 0 saturated heterocycles. The number of carbonyl (C=O) groups is 1. The Morgan fingerprint density at radius 1 is 0.960 bits per heavy atom. The largest absolute Gasteiger partial charge is 0.307 e. The fraction of sp³-hybridized carbons (Fsp3) is 0.435. The summed E-state index contributed by atoms with van der Waals surface area (Å²) in [5, 5.41) is 0. The second kappa shape index (κ2) is 7.03. The Balaban J connectivity index is 1.98. The summed E-state index contributed by atoms with van der Waals surface area (Å²) in [6.07, 6.45) is 2.91. The van der Waals surface area contributed by atoms with Crippen LogP contribution in [-0.4, -0.2) is 5.91 Å². The molecular formula is C23H29NO. The average Bonchev–Trinajstić information content (AvgIpc) is 2.55. The molecule has 1 amide bonds. The van der Waals surface area contributed by atoms with Crippen LogP contribution >= 0.6 is 0 Å². The zero-order valence-electron chi connectivity index (χ0n) is 15.9.